The zero-order valence-corrected chi connectivity index (χ0v) is 14.9. The van der Waals surface area contributed by atoms with Gasteiger partial charge in [0.15, 0.2) is 5.96 Å². The van der Waals surface area contributed by atoms with Gasteiger partial charge in [0, 0.05) is 6.54 Å². The van der Waals surface area contributed by atoms with Gasteiger partial charge < -0.3 is 15.1 Å². The van der Waals surface area contributed by atoms with Gasteiger partial charge in [-0.05, 0) is 51.8 Å². The Kier molecular flexibility index (Phi) is 5.95. The van der Waals surface area contributed by atoms with E-state index in [1.165, 1.54) is 0 Å². The summed E-state index contributed by atoms with van der Waals surface area (Å²) in [4.78, 5) is 8.81. The average molecular weight is 332 g/mol. The van der Waals surface area contributed by atoms with Crippen molar-refractivity contribution in [2.24, 2.45) is 4.99 Å². The van der Waals surface area contributed by atoms with Crippen LogP contribution in [-0.2, 0) is 6.54 Å². The molecule has 130 valence electrons. The number of nitrogens with one attached hydrogen (secondary N) is 2. The minimum absolute atomic E-state index is 0.0778. The van der Waals surface area contributed by atoms with Crippen LogP contribution in [0.2, 0.25) is 0 Å². The molecule has 0 radical (unpaired) electrons. The highest BCUT2D eigenvalue weighted by atomic mass is 19.1. The largest absolute Gasteiger partial charge is 0.444 e. The van der Waals surface area contributed by atoms with Gasteiger partial charge in [-0.25, -0.2) is 14.4 Å². The topological polar surface area (TPSA) is 62.5 Å². The van der Waals surface area contributed by atoms with Crippen LogP contribution in [0.1, 0.15) is 48.4 Å². The molecule has 0 bridgehead atoms. The Morgan fingerprint density at radius 3 is 2.67 bits per heavy atom. The van der Waals surface area contributed by atoms with Crippen LogP contribution >= 0.6 is 0 Å². The predicted octanol–water partition coefficient (Wildman–Crippen LogP) is 3.56. The molecule has 6 heteroatoms. The molecule has 0 amide bonds. The molecule has 0 spiro atoms. The standard InChI is InChI=1S/C18H25FN4O/c1-6-20-18(21-10-17-22-12(3)14(5)24-17)23-13(4)15-8-7-11(2)16(19)9-15/h7-9,13H,6,10H2,1-5H3,(H2,20,21,23). The first-order valence-corrected chi connectivity index (χ1v) is 8.14. The summed E-state index contributed by atoms with van der Waals surface area (Å²) in [6.45, 7) is 10.6. The third-order valence-corrected chi connectivity index (χ3v) is 3.84. The van der Waals surface area contributed by atoms with Gasteiger partial charge in [0.05, 0.1) is 11.7 Å². The van der Waals surface area contributed by atoms with Crippen molar-refractivity contribution in [3.8, 4) is 0 Å². The second kappa shape index (κ2) is 7.95. The van der Waals surface area contributed by atoms with E-state index in [1.807, 2.05) is 33.8 Å². The second-order valence-electron chi connectivity index (χ2n) is 5.82. The number of guanidine groups is 1. The smallest absolute Gasteiger partial charge is 0.216 e. The lowest BCUT2D eigenvalue weighted by Gasteiger charge is -2.18. The van der Waals surface area contributed by atoms with Gasteiger partial charge in [-0.2, -0.15) is 0 Å². The van der Waals surface area contributed by atoms with E-state index in [-0.39, 0.29) is 11.9 Å². The van der Waals surface area contributed by atoms with E-state index in [4.69, 9.17) is 4.42 Å². The Hall–Kier alpha value is -2.37. The Bertz CT molecular complexity index is 704. The van der Waals surface area contributed by atoms with Crippen LogP contribution in [0.4, 0.5) is 4.39 Å². The van der Waals surface area contributed by atoms with E-state index < -0.39 is 0 Å². The first kappa shape index (κ1) is 18.0. The van der Waals surface area contributed by atoms with Crippen LogP contribution in [0.3, 0.4) is 0 Å². The molecule has 1 unspecified atom stereocenters. The van der Waals surface area contributed by atoms with Crippen molar-refractivity contribution in [1.82, 2.24) is 15.6 Å². The summed E-state index contributed by atoms with van der Waals surface area (Å²) in [5.74, 6) is 1.83. The molecular weight excluding hydrogens is 307 g/mol. The van der Waals surface area contributed by atoms with Gasteiger partial charge in [0.25, 0.3) is 0 Å². The minimum atomic E-state index is -0.200. The van der Waals surface area contributed by atoms with Crippen molar-refractivity contribution in [2.75, 3.05) is 6.54 Å². The summed E-state index contributed by atoms with van der Waals surface area (Å²) >= 11 is 0. The lowest BCUT2D eigenvalue weighted by molar-refractivity contribution is 0.472. The van der Waals surface area contributed by atoms with Gasteiger partial charge in [-0.3, -0.25) is 0 Å². The highest BCUT2D eigenvalue weighted by Gasteiger charge is 2.11. The van der Waals surface area contributed by atoms with E-state index in [9.17, 15) is 4.39 Å². The van der Waals surface area contributed by atoms with Crippen LogP contribution < -0.4 is 10.6 Å². The van der Waals surface area contributed by atoms with E-state index >= 15 is 0 Å². The summed E-state index contributed by atoms with van der Waals surface area (Å²) in [6.07, 6.45) is 0. The van der Waals surface area contributed by atoms with Crippen molar-refractivity contribution in [2.45, 2.75) is 47.2 Å². The van der Waals surface area contributed by atoms with Crippen LogP contribution in [0.15, 0.2) is 27.6 Å². The van der Waals surface area contributed by atoms with Crippen molar-refractivity contribution in [3.63, 3.8) is 0 Å². The fourth-order valence-corrected chi connectivity index (χ4v) is 2.24. The third-order valence-electron chi connectivity index (χ3n) is 3.84. The summed E-state index contributed by atoms with van der Waals surface area (Å²) in [6, 6.07) is 5.18. The Labute approximate surface area is 142 Å². The Morgan fingerprint density at radius 2 is 2.08 bits per heavy atom. The molecule has 2 N–H and O–H groups in total. The first-order valence-electron chi connectivity index (χ1n) is 8.14. The number of hydrogen-bond donors (Lipinski definition) is 2. The molecule has 0 saturated heterocycles. The number of nitrogens with zero attached hydrogens (tertiary/aromatic N) is 2. The monoisotopic (exact) mass is 332 g/mol. The molecule has 0 saturated carbocycles. The molecule has 24 heavy (non-hydrogen) atoms. The SMILES string of the molecule is CCNC(=NCc1nc(C)c(C)o1)NC(C)c1ccc(C)c(F)c1. The maximum Gasteiger partial charge on any atom is 0.216 e. The number of aliphatic imine (C=N–C) groups is 1. The van der Waals surface area contributed by atoms with Crippen LogP contribution in [0, 0.1) is 26.6 Å². The number of halogens is 1. The molecule has 0 aliphatic heterocycles. The van der Waals surface area contributed by atoms with E-state index in [1.54, 1.807) is 19.1 Å². The molecule has 0 aliphatic rings. The highest BCUT2D eigenvalue weighted by Crippen LogP contribution is 2.16. The summed E-state index contributed by atoms with van der Waals surface area (Å²) < 4.78 is 19.3. The molecule has 5 nitrogen and oxygen atoms in total. The van der Waals surface area contributed by atoms with Gasteiger partial charge in [0.2, 0.25) is 5.89 Å². The fraction of sp³-hybridized carbons (Fsp3) is 0.444. The van der Waals surface area contributed by atoms with Gasteiger partial charge in [-0.15, -0.1) is 0 Å². The maximum atomic E-state index is 13.7. The van der Waals surface area contributed by atoms with Gasteiger partial charge in [-0.1, -0.05) is 12.1 Å². The van der Waals surface area contributed by atoms with Crippen LogP contribution in [0.5, 0.6) is 0 Å². The molecule has 2 aromatic rings. The molecule has 0 fully saturated rings. The minimum Gasteiger partial charge on any atom is -0.444 e. The summed E-state index contributed by atoms with van der Waals surface area (Å²) in [5, 5.41) is 6.45. The number of aryl methyl sites for hydroxylation is 3. The van der Waals surface area contributed by atoms with Crippen LogP contribution in [-0.4, -0.2) is 17.5 Å². The number of hydrogen-bond acceptors (Lipinski definition) is 3. The number of oxazole rings is 1. The molecule has 1 atom stereocenters. The fourth-order valence-electron chi connectivity index (χ4n) is 2.24. The predicted molar refractivity (Wildman–Crippen MR) is 93.5 cm³/mol. The second-order valence-corrected chi connectivity index (χ2v) is 5.82. The third kappa shape index (κ3) is 4.57. The van der Waals surface area contributed by atoms with E-state index in [2.05, 4.69) is 20.6 Å². The number of aromatic nitrogens is 1. The molecular formula is C18H25FN4O. The van der Waals surface area contributed by atoms with Crippen molar-refractivity contribution < 1.29 is 8.81 Å². The lowest BCUT2D eigenvalue weighted by Crippen LogP contribution is -2.38. The van der Waals surface area contributed by atoms with Crippen molar-refractivity contribution in [3.05, 3.63) is 52.5 Å². The zero-order valence-electron chi connectivity index (χ0n) is 14.9. The van der Waals surface area contributed by atoms with Crippen LogP contribution in [0.25, 0.3) is 0 Å². The quantitative estimate of drug-likeness (QED) is 0.649. The molecule has 0 aliphatic carbocycles. The normalized spacial score (nSPS) is 13.0. The van der Waals surface area contributed by atoms with E-state index in [0.29, 0.717) is 24.0 Å². The first-order chi connectivity index (χ1) is 11.4. The lowest BCUT2D eigenvalue weighted by atomic mass is 10.1. The Balaban J connectivity index is 2.08. The molecule has 2 rings (SSSR count). The number of benzene rings is 1. The maximum absolute atomic E-state index is 13.7. The average Bonchev–Trinajstić information content (AvgIpc) is 2.86. The highest BCUT2D eigenvalue weighted by molar-refractivity contribution is 5.80. The van der Waals surface area contributed by atoms with Gasteiger partial charge in [0.1, 0.15) is 18.1 Å². The molecule has 1 aromatic carbocycles. The van der Waals surface area contributed by atoms with E-state index in [0.717, 1.165) is 23.6 Å². The summed E-state index contributed by atoms with van der Waals surface area (Å²) in [5.41, 5.74) is 2.38. The van der Waals surface area contributed by atoms with Crippen molar-refractivity contribution in [1.29, 1.82) is 0 Å². The summed E-state index contributed by atoms with van der Waals surface area (Å²) in [7, 11) is 0. The molecule has 1 heterocycles. The van der Waals surface area contributed by atoms with Crippen molar-refractivity contribution >= 4 is 5.96 Å². The number of rotatable bonds is 5. The Morgan fingerprint density at radius 1 is 1.33 bits per heavy atom. The molecule has 1 aromatic heterocycles. The zero-order chi connectivity index (χ0) is 17.7. The van der Waals surface area contributed by atoms with Gasteiger partial charge >= 0.3 is 0 Å².